The SMILES string of the molecule is CC1(C)OC(=C2C(=O)Nc3cc(F)ccc32)C=C1c1ccnc(N2CCOCC2)c1. The minimum absolute atomic E-state index is 0.289. The van der Waals surface area contributed by atoms with Crippen LogP contribution < -0.4 is 10.2 Å². The van der Waals surface area contributed by atoms with Gasteiger partial charge >= 0.3 is 0 Å². The van der Waals surface area contributed by atoms with Crippen molar-refractivity contribution in [3.05, 3.63) is 65.3 Å². The molecular formula is C23H22FN3O3. The van der Waals surface area contributed by atoms with Gasteiger partial charge in [-0.15, -0.1) is 0 Å². The molecule has 7 heteroatoms. The molecule has 3 aliphatic rings. The maximum absolute atomic E-state index is 13.6. The Morgan fingerprint density at radius 3 is 2.77 bits per heavy atom. The summed E-state index contributed by atoms with van der Waals surface area (Å²) in [6.45, 7) is 6.93. The van der Waals surface area contributed by atoms with Crippen LogP contribution in [-0.2, 0) is 14.3 Å². The summed E-state index contributed by atoms with van der Waals surface area (Å²) in [7, 11) is 0. The van der Waals surface area contributed by atoms with E-state index in [9.17, 15) is 9.18 Å². The highest BCUT2D eigenvalue weighted by atomic mass is 19.1. The Balaban J connectivity index is 1.56. The van der Waals surface area contributed by atoms with E-state index in [2.05, 4.69) is 15.2 Å². The van der Waals surface area contributed by atoms with Crippen molar-refractivity contribution in [2.45, 2.75) is 19.4 Å². The van der Waals surface area contributed by atoms with E-state index in [1.165, 1.54) is 12.1 Å². The van der Waals surface area contributed by atoms with Crippen molar-refractivity contribution in [3.8, 4) is 0 Å². The van der Waals surface area contributed by atoms with Gasteiger partial charge in [0.1, 0.15) is 23.0 Å². The summed E-state index contributed by atoms with van der Waals surface area (Å²) in [5.41, 5.74) is 2.86. The Labute approximate surface area is 174 Å². The Kier molecular flexibility index (Phi) is 4.36. The monoisotopic (exact) mass is 407 g/mol. The predicted molar refractivity (Wildman–Crippen MR) is 112 cm³/mol. The third kappa shape index (κ3) is 3.15. The number of rotatable bonds is 2. The highest BCUT2D eigenvalue weighted by molar-refractivity contribution is 6.32. The lowest BCUT2D eigenvalue weighted by Gasteiger charge is -2.29. The summed E-state index contributed by atoms with van der Waals surface area (Å²) in [5.74, 6) is 0.704. The summed E-state index contributed by atoms with van der Waals surface area (Å²) >= 11 is 0. The Morgan fingerprint density at radius 1 is 1.17 bits per heavy atom. The molecule has 1 aromatic carbocycles. The number of pyridine rings is 1. The number of nitrogens with one attached hydrogen (secondary N) is 1. The zero-order valence-corrected chi connectivity index (χ0v) is 16.9. The molecule has 1 aromatic heterocycles. The van der Waals surface area contributed by atoms with Crippen molar-refractivity contribution in [2.24, 2.45) is 0 Å². The first-order valence-electron chi connectivity index (χ1n) is 9.98. The normalized spacial score (nSPS) is 22.4. The number of anilines is 2. The molecule has 1 amide bonds. The molecule has 1 fully saturated rings. The van der Waals surface area contributed by atoms with Crippen LogP contribution in [0, 0.1) is 5.82 Å². The number of hydrogen-bond acceptors (Lipinski definition) is 5. The number of aromatic nitrogens is 1. The molecular weight excluding hydrogens is 385 g/mol. The topological polar surface area (TPSA) is 63.7 Å². The molecule has 4 heterocycles. The van der Waals surface area contributed by atoms with Gasteiger partial charge in [-0.2, -0.15) is 0 Å². The zero-order chi connectivity index (χ0) is 20.9. The number of nitrogens with zero attached hydrogens (tertiary/aromatic N) is 2. The fourth-order valence-electron chi connectivity index (χ4n) is 4.16. The smallest absolute Gasteiger partial charge is 0.260 e. The highest BCUT2D eigenvalue weighted by Gasteiger charge is 2.38. The zero-order valence-electron chi connectivity index (χ0n) is 16.9. The van der Waals surface area contributed by atoms with E-state index in [0.717, 1.165) is 30.0 Å². The molecule has 0 aliphatic carbocycles. The van der Waals surface area contributed by atoms with Crippen molar-refractivity contribution < 1.29 is 18.7 Å². The van der Waals surface area contributed by atoms with Crippen LogP contribution in [0.3, 0.4) is 0 Å². The number of amides is 1. The third-order valence-electron chi connectivity index (χ3n) is 5.65. The van der Waals surface area contributed by atoms with E-state index in [-0.39, 0.29) is 5.91 Å². The van der Waals surface area contributed by atoms with Gasteiger partial charge in [-0.1, -0.05) is 0 Å². The Bertz CT molecular complexity index is 1100. The average molecular weight is 407 g/mol. The summed E-state index contributed by atoms with van der Waals surface area (Å²) in [6.07, 6.45) is 3.70. The van der Waals surface area contributed by atoms with Crippen LogP contribution in [0.2, 0.25) is 0 Å². The molecule has 0 radical (unpaired) electrons. The molecule has 1 saturated heterocycles. The van der Waals surface area contributed by atoms with Crippen molar-refractivity contribution in [2.75, 3.05) is 36.5 Å². The molecule has 0 spiro atoms. The predicted octanol–water partition coefficient (Wildman–Crippen LogP) is 3.61. The van der Waals surface area contributed by atoms with Gasteiger partial charge in [0.05, 0.1) is 24.5 Å². The first-order valence-corrected chi connectivity index (χ1v) is 9.98. The minimum atomic E-state index is -0.630. The van der Waals surface area contributed by atoms with Gasteiger partial charge in [0.2, 0.25) is 0 Å². The van der Waals surface area contributed by atoms with Crippen LogP contribution in [0.4, 0.5) is 15.9 Å². The van der Waals surface area contributed by atoms with Gasteiger partial charge in [-0.25, -0.2) is 9.37 Å². The molecule has 154 valence electrons. The number of morpholine rings is 1. The number of benzene rings is 1. The molecule has 30 heavy (non-hydrogen) atoms. The lowest BCUT2D eigenvalue weighted by molar-refractivity contribution is -0.111. The summed E-state index contributed by atoms with van der Waals surface area (Å²) in [4.78, 5) is 19.3. The molecule has 1 N–H and O–H groups in total. The quantitative estimate of drug-likeness (QED) is 0.771. The van der Waals surface area contributed by atoms with Crippen LogP contribution in [-0.4, -0.2) is 42.8 Å². The molecule has 5 rings (SSSR count). The second kappa shape index (κ2) is 6.95. The van der Waals surface area contributed by atoms with Gasteiger partial charge in [-0.3, -0.25) is 4.79 Å². The molecule has 0 bridgehead atoms. The standard InChI is InChI=1S/C23H22FN3O3/c1-23(2)17(14-5-6-25-20(11-14)27-7-9-29-10-8-27)13-19(30-23)21-16-4-3-15(24)12-18(16)26-22(21)28/h3-6,11-13H,7-10H2,1-2H3,(H,26,28). The molecule has 2 aromatic rings. The molecule has 0 saturated carbocycles. The molecule has 3 aliphatic heterocycles. The van der Waals surface area contributed by atoms with Crippen LogP contribution in [0.5, 0.6) is 0 Å². The number of allylic oxidation sites excluding steroid dienone is 1. The lowest BCUT2D eigenvalue weighted by atomic mass is 9.92. The fourth-order valence-corrected chi connectivity index (χ4v) is 4.16. The Hall–Kier alpha value is -3.19. The highest BCUT2D eigenvalue weighted by Crippen LogP contribution is 2.44. The molecule has 0 unspecified atom stereocenters. The largest absolute Gasteiger partial charge is 0.482 e. The van der Waals surface area contributed by atoms with Crippen molar-refractivity contribution >= 4 is 28.6 Å². The van der Waals surface area contributed by atoms with E-state index in [1.807, 2.05) is 32.1 Å². The molecule has 6 nitrogen and oxygen atoms in total. The number of hydrogen-bond donors (Lipinski definition) is 1. The summed E-state index contributed by atoms with van der Waals surface area (Å²) < 4.78 is 25.2. The van der Waals surface area contributed by atoms with E-state index in [1.54, 1.807) is 12.3 Å². The second-order valence-corrected chi connectivity index (χ2v) is 8.06. The van der Waals surface area contributed by atoms with Gasteiger partial charge in [0.15, 0.2) is 0 Å². The number of halogens is 1. The van der Waals surface area contributed by atoms with Gasteiger partial charge < -0.3 is 19.7 Å². The summed E-state index contributed by atoms with van der Waals surface area (Å²) in [6, 6.07) is 8.28. The van der Waals surface area contributed by atoms with Gasteiger partial charge in [0, 0.05) is 30.4 Å². The van der Waals surface area contributed by atoms with Crippen molar-refractivity contribution in [3.63, 3.8) is 0 Å². The van der Waals surface area contributed by atoms with Crippen LogP contribution in [0.15, 0.2) is 48.4 Å². The van der Waals surface area contributed by atoms with E-state index in [0.29, 0.717) is 35.8 Å². The van der Waals surface area contributed by atoms with Crippen LogP contribution in [0.1, 0.15) is 25.0 Å². The Morgan fingerprint density at radius 2 is 1.97 bits per heavy atom. The van der Waals surface area contributed by atoms with E-state index < -0.39 is 11.4 Å². The van der Waals surface area contributed by atoms with E-state index in [4.69, 9.17) is 9.47 Å². The lowest BCUT2D eigenvalue weighted by Crippen LogP contribution is -2.36. The maximum Gasteiger partial charge on any atom is 0.260 e. The number of fused-ring (bicyclic) bond motifs is 1. The third-order valence-corrected chi connectivity index (χ3v) is 5.65. The van der Waals surface area contributed by atoms with Crippen molar-refractivity contribution in [1.82, 2.24) is 4.98 Å². The number of carbonyl (C=O) groups is 1. The first-order chi connectivity index (χ1) is 14.4. The number of carbonyl (C=O) groups excluding carboxylic acids is 1. The first kappa shape index (κ1) is 18.8. The number of ether oxygens (including phenoxy) is 2. The fraction of sp³-hybridized carbons (Fsp3) is 0.304. The van der Waals surface area contributed by atoms with Crippen molar-refractivity contribution in [1.29, 1.82) is 0 Å². The van der Waals surface area contributed by atoms with Crippen LogP contribution in [0.25, 0.3) is 11.1 Å². The summed E-state index contributed by atoms with van der Waals surface area (Å²) in [5, 5.41) is 2.72. The maximum atomic E-state index is 13.6. The molecule has 0 atom stereocenters. The average Bonchev–Trinajstić information content (AvgIpc) is 3.22. The van der Waals surface area contributed by atoms with E-state index >= 15 is 0 Å². The van der Waals surface area contributed by atoms with Gasteiger partial charge in [0.25, 0.3) is 5.91 Å². The second-order valence-electron chi connectivity index (χ2n) is 8.06. The minimum Gasteiger partial charge on any atom is -0.482 e. The van der Waals surface area contributed by atoms with Gasteiger partial charge in [-0.05, 0) is 55.8 Å². The van der Waals surface area contributed by atoms with Crippen LogP contribution >= 0.6 is 0 Å².